The van der Waals surface area contributed by atoms with Crippen LogP contribution in [0.15, 0.2) is 48.6 Å². The Morgan fingerprint density at radius 1 is 0.271 bits per heavy atom. The molecule has 4 nitrogen and oxygen atoms in total. The molecular formula is C44H78O4. The zero-order chi connectivity index (χ0) is 34.9. The van der Waals surface area contributed by atoms with Crippen LogP contribution in [0, 0.1) is 0 Å². The molecule has 278 valence electrons. The van der Waals surface area contributed by atoms with Gasteiger partial charge in [-0.05, 0) is 77.0 Å². The first-order chi connectivity index (χ1) is 23.6. The molecule has 0 aromatic heterocycles. The van der Waals surface area contributed by atoms with Gasteiger partial charge in [0.1, 0.15) is 0 Å². The van der Waals surface area contributed by atoms with Gasteiger partial charge >= 0.3 is 11.9 Å². The largest absolute Gasteiger partial charge is 0.481 e. The fourth-order valence-corrected chi connectivity index (χ4v) is 6.15. The first-order valence-corrected chi connectivity index (χ1v) is 20.7. The molecule has 0 aliphatic rings. The average molecular weight is 671 g/mol. The summed E-state index contributed by atoms with van der Waals surface area (Å²) in [4.78, 5) is 21.0. The Labute approximate surface area is 298 Å². The number of rotatable bonds is 39. The first kappa shape index (κ1) is 45.9. The molecule has 0 aromatic carbocycles. The van der Waals surface area contributed by atoms with Gasteiger partial charge in [-0.1, -0.05) is 177 Å². The fourth-order valence-electron chi connectivity index (χ4n) is 6.15. The maximum absolute atomic E-state index is 10.5. The van der Waals surface area contributed by atoms with Crippen molar-refractivity contribution in [3.8, 4) is 0 Å². The van der Waals surface area contributed by atoms with Crippen molar-refractivity contribution in [2.75, 3.05) is 0 Å². The smallest absolute Gasteiger partial charge is 0.303 e. The lowest BCUT2D eigenvalue weighted by Gasteiger charge is -2.03. The minimum atomic E-state index is -0.670. The van der Waals surface area contributed by atoms with Crippen molar-refractivity contribution in [3.63, 3.8) is 0 Å². The molecule has 0 fully saturated rings. The van der Waals surface area contributed by atoms with E-state index in [9.17, 15) is 9.59 Å². The molecule has 0 spiro atoms. The van der Waals surface area contributed by atoms with E-state index in [-0.39, 0.29) is 0 Å². The van der Waals surface area contributed by atoms with Crippen molar-refractivity contribution < 1.29 is 19.8 Å². The molecule has 4 heteroatoms. The fraction of sp³-hybridized carbons (Fsp3) is 0.773. The molecule has 0 aliphatic heterocycles. The van der Waals surface area contributed by atoms with Crippen molar-refractivity contribution in [2.24, 2.45) is 0 Å². The predicted molar refractivity (Wildman–Crippen MR) is 209 cm³/mol. The van der Waals surface area contributed by atoms with Crippen LogP contribution in [0.3, 0.4) is 0 Å². The minimum absolute atomic E-state index is 0.319. The van der Waals surface area contributed by atoms with Gasteiger partial charge in [0.15, 0.2) is 0 Å². The molecule has 2 N–H and O–H groups in total. The highest BCUT2D eigenvalue weighted by atomic mass is 16.4. The van der Waals surface area contributed by atoms with Crippen LogP contribution in [0.1, 0.15) is 218 Å². The van der Waals surface area contributed by atoms with Gasteiger partial charge in [0.05, 0.1) is 0 Å². The molecule has 0 bridgehead atoms. The Kier molecular flexibility index (Phi) is 39.3. The minimum Gasteiger partial charge on any atom is -0.481 e. The average Bonchev–Trinajstić information content (AvgIpc) is 3.06. The molecule has 0 unspecified atom stereocenters. The van der Waals surface area contributed by atoms with Crippen LogP contribution in [0.2, 0.25) is 0 Å². The van der Waals surface area contributed by atoms with E-state index >= 15 is 0 Å². The number of carboxylic acids is 2. The van der Waals surface area contributed by atoms with Gasteiger partial charge in [0.2, 0.25) is 0 Å². The zero-order valence-corrected chi connectivity index (χ0v) is 31.4. The summed E-state index contributed by atoms with van der Waals surface area (Å²) in [6, 6.07) is 0. The summed E-state index contributed by atoms with van der Waals surface area (Å²) in [6.45, 7) is 0. The van der Waals surface area contributed by atoms with Gasteiger partial charge in [0, 0.05) is 12.8 Å². The lowest BCUT2D eigenvalue weighted by molar-refractivity contribution is -0.138. The van der Waals surface area contributed by atoms with Gasteiger partial charge < -0.3 is 10.2 Å². The van der Waals surface area contributed by atoms with Gasteiger partial charge in [-0.2, -0.15) is 0 Å². The van der Waals surface area contributed by atoms with E-state index in [1.165, 1.54) is 141 Å². The van der Waals surface area contributed by atoms with E-state index in [4.69, 9.17) is 10.2 Å². The zero-order valence-electron chi connectivity index (χ0n) is 31.4. The molecule has 0 saturated carbocycles. The van der Waals surface area contributed by atoms with Crippen molar-refractivity contribution in [1.29, 1.82) is 0 Å². The topological polar surface area (TPSA) is 74.6 Å². The van der Waals surface area contributed by atoms with Gasteiger partial charge in [-0.15, -0.1) is 0 Å². The van der Waals surface area contributed by atoms with Gasteiger partial charge in [-0.25, -0.2) is 0 Å². The quantitative estimate of drug-likeness (QED) is 0.0504. The Morgan fingerprint density at radius 3 is 0.667 bits per heavy atom. The molecule has 48 heavy (non-hydrogen) atoms. The molecule has 0 aromatic rings. The summed E-state index contributed by atoms with van der Waals surface area (Å²) in [6.07, 6.45) is 59.4. The third kappa shape index (κ3) is 43.9. The number of carboxylic acid groups (broad SMARTS) is 2. The molecule has 0 atom stereocenters. The highest BCUT2D eigenvalue weighted by Crippen LogP contribution is 2.15. The van der Waals surface area contributed by atoms with Crippen LogP contribution in [-0.4, -0.2) is 22.2 Å². The molecular weight excluding hydrogens is 592 g/mol. The number of hydrogen-bond acceptors (Lipinski definition) is 2. The van der Waals surface area contributed by atoms with Crippen LogP contribution >= 0.6 is 0 Å². The normalized spacial score (nSPS) is 12.1. The van der Waals surface area contributed by atoms with Crippen LogP contribution in [-0.2, 0) is 9.59 Å². The van der Waals surface area contributed by atoms with Crippen molar-refractivity contribution in [1.82, 2.24) is 0 Å². The molecule has 0 saturated heterocycles. The van der Waals surface area contributed by atoms with Crippen LogP contribution in [0.4, 0.5) is 0 Å². The summed E-state index contributed by atoms with van der Waals surface area (Å²) in [5, 5.41) is 17.3. The van der Waals surface area contributed by atoms with Gasteiger partial charge in [0.25, 0.3) is 0 Å². The van der Waals surface area contributed by atoms with E-state index in [0.717, 1.165) is 64.2 Å². The Balaban J connectivity index is 3.20. The molecule has 0 rings (SSSR count). The summed E-state index contributed by atoms with van der Waals surface area (Å²) in [5.41, 5.74) is 0. The van der Waals surface area contributed by atoms with E-state index in [1.54, 1.807) is 0 Å². The predicted octanol–water partition coefficient (Wildman–Crippen LogP) is 14.6. The third-order valence-corrected chi connectivity index (χ3v) is 9.23. The molecule has 0 aliphatic carbocycles. The standard InChI is InChI=1S/C44H78O4/c45-43(46)41-39-37-35-33-31-29-27-25-23-21-19-17-15-13-11-9-7-5-3-1-2-4-6-8-10-12-14-16-18-20-22-24-26-28-30-32-34-36-38-40-42-44(47)48/h19-22,25-28H,1-18,23-24,29-42H2,(H,45,46)(H,47,48). The van der Waals surface area contributed by atoms with E-state index < -0.39 is 11.9 Å². The maximum Gasteiger partial charge on any atom is 0.303 e. The number of carbonyl (C=O) groups is 2. The lowest BCUT2D eigenvalue weighted by atomic mass is 10.0. The van der Waals surface area contributed by atoms with Crippen molar-refractivity contribution in [2.45, 2.75) is 218 Å². The summed E-state index contributed by atoms with van der Waals surface area (Å²) in [5.74, 6) is -1.34. The van der Waals surface area contributed by atoms with Crippen LogP contribution in [0.25, 0.3) is 0 Å². The first-order valence-electron chi connectivity index (χ1n) is 20.7. The Bertz CT molecular complexity index is 728. The van der Waals surface area contributed by atoms with Crippen molar-refractivity contribution >= 4 is 11.9 Å². The number of aliphatic carboxylic acids is 2. The SMILES string of the molecule is O=C(O)CCCCCCCC=CCC=CCCCCCCCCCCCCCCCCCCC=CCC=CCCCCCCCC(=O)O. The highest BCUT2D eigenvalue weighted by Gasteiger charge is 1.98. The van der Waals surface area contributed by atoms with Crippen LogP contribution in [0.5, 0.6) is 0 Å². The number of unbranched alkanes of at least 4 members (excludes halogenated alkanes) is 27. The summed E-state index contributed by atoms with van der Waals surface area (Å²) in [7, 11) is 0. The van der Waals surface area contributed by atoms with E-state index in [0.29, 0.717) is 12.8 Å². The second-order valence-electron chi connectivity index (χ2n) is 14.0. The van der Waals surface area contributed by atoms with E-state index in [1.807, 2.05) is 0 Å². The van der Waals surface area contributed by atoms with Crippen molar-refractivity contribution in [3.05, 3.63) is 48.6 Å². The number of hydrogen-bond donors (Lipinski definition) is 2. The summed E-state index contributed by atoms with van der Waals surface area (Å²) < 4.78 is 0. The Hall–Kier alpha value is -2.10. The summed E-state index contributed by atoms with van der Waals surface area (Å²) >= 11 is 0. The lowest BCUT2D eigenvalue weighted by Crippen LogP contribution is -1.93. The third-order valence-electron chi connectivity index (χ3n) is 9.23. The second-order valence-corrected chi connectivity index (χ2v) is 14.0. The maximum atomic E-state index is 10.5. The monoisotopic (exact) mass is 671 g/mol. The molecule has 0 radical (unpaired) electrons. The Morgan fingerprint density at radius 2 is 0.458 bits per heavy atom. The molecule has 0 amide bonds. The second kappa shape index (κ2) is 41.1. The van der Waals surface area contributed by atoms with E-state index in [2.05, 4.69) is 48.6 Å². The van der Waals surface area contributed by atoms with Crippen LogP contribution < -0.4 is 0 Å². The number of allylic oxidation sites excluding steroid dienone is 8. The van der Waals surface area contributed by atoms with Gasteiger partial charge in [-0.3, -0.25) is 9.59 Å². The molecule has 0 heterocycles. The highest BCUT2D eigenvalue weighted by molar-refractivity contribution is 5.66.